The molecule has 23 heavy (non-hydrogen) atoms. The van der Waals surface area contributed by atoms with Gasteiger partial charge in [-0.25, -0.2) is 0 Å². The molecule has 0 bridgehead atoms. The maximum absolute atomic E-state index is 11.7. The third-order valence-electron chi connectivity index (χ3n) is 3.66. The Morgan fingerprint density at radius 3 is 2.43 bits per heavy atom. The lowest BCUT2D eigenvalue weighted by molar-refractivity contribution is -0.143. The lowest BCUT2D eigenvalue weighted by Crippen LogP contribution is -2.22. The second-order valence-electron chi connectivity index (χ2n) is 5.90. The minimum Gasteiger partial charge on any atom is -0.466 e. The Morgan fingerprint density at radius 1 is 1.00 bits per heavy atom. The van der Waals surface area contributed by atoms with Crippen LogP contribution in [0.3, 0.4) is 0 Å². The summed E-state index contributed by atoms with van der Waals surface area (Å²) in [6.07, 6.45) is 5.59. The molecule has 0 radical (unpaired) electrons. The highest BCUT2D eigenvalue weighted by Crippen LogP contribution is 2.04. The predicted molar refractivity (Wildman–Crippen MR) is 92.0 cm³/mol. The van der Waals surface area contributed by atoms with Gasteiger partial charge in [-0.15, -0.1) is 0 Å². The van der Waals surface area contributed by atoms with Gasteiger partial charge >= 0.3 is 5.97 Å². The third kappa shape index (κ3) is 9.72. The predicted octanol–water partition coefficient (Wildman–Crippen LogP) is 3.91. The van der Waals surface area contributed by atoms with E-state index in [1.54, 1.807) is 0 Å². The third-order valence-corrected chi connectivity index (χ3v) is 3.66. The second kappa shape index (κ2) is 11.7. The molecule has 0 saturated heterocycles. The Bertz CT molecular complexity index is 468. The minimum absolute atomic E-state index is 0.0266. The fraction of sp³-hybridized carbons (Fsp3) is 0.579. The summed E-state index contributed by atoms with van der Waals surface area (Å²) in [5.74, 6) is -0.228. The van der Waals surface area contributed by atoms with Crippen LogP contribution in [0, 0.1) is 6.92 Å². The van der Waals surface area contributed by atoms with Crippen LogP contribution >= 0.6 is 0 Å². The zero-order valence-electron chi connectivity index (χ0n) is 14.4. The first-order chi connectivity index (χ1) is 11.1. The van der Waals surface area contributed by atoms with Gasteiger partial charge in [-0.1, -0.05) is 56.0 Å². The van der Waals surface area contributed by atoms with Crippen LogP contribution in [0.5, 0.6) is 0 Å². The van der Waals surface area contributed by atoms with Crippen molar-refractivity contribution in [2.24, 2.45) is 0 Å². The van der Waals surface area contributed by atoms with Crippen LogP contribution in [-0.4, -0.2) is 18.5 Å². The summed E-state index contributed by atoms with van der Waals surface area (Å²) in [5, 5.41) is 2.87. The second-order valence-corrected chi connectivity index (χ2v) is 5.90. The van der Waals surface area contributed by atoms with Crippen LogP contribution in [0.1, 0.15) is 63.0 Å². The van der Waals surface area contributed by atoms with E-state index in [1.807, 2.05) is 31.2 Å². The van der Waals surface area contributed by atoms with E-state index >= 15 is 0 Å². The number of nitrogens with one attached hydrogen (secondary N) is 1. The summed E-state index contributed by atoms with van der Waals surface area (Å²) in [4.78, 5) is 23.2. The highest BCUT2D eigenvalue weighted by Gasteiger charge is 2.06. The zero-order valence-corrected chi connectivity index (χ0v) is 14.4. The quantitative estimate of drug-likeness (QED) is 0.497. The van der Waals surface area contributed by atoms with E-state index in [1.165, 1.54) is 18.4 Å². The monoisotopic (exact) mass is 319 g/mol. The summed E-state index contributed by atoms with van der Waals surface area (Å²) in [5.41, 5.74) is 2.28. The molecular formula is C19H29NO3. The Balaban J connectivity index is 2.04. The number of unbranched alkanes of at least 4 members (excludes halogenated alkanes) is 3. The first kappa shape index (κ1) is 19.2. The molecule has 0 heterocycles. The van der Waals surface area contributed by atoms with Gasteiger partial charge in [0.2, 0.25) is 5.91 Å². The van der Waals surface area contributed by atoms with Gasteiger partial charge in [-0.2, -0.15) is 0 Å². The number of ether oxygens (including phenoxy) is 1. The van der Waals surface area contributed by atoms with Crippen LogP contribution in [0.2, 0.25) is 0 Å². The van der Waals surface area contributed by atoms with E-state index < -0.39 is 0 Å². The molecule has 1 aromatic rings. The lowest BCUT2D eigenvalue weighted by Gasteiger charge is -2.06. The molecule has 1 N–H and O–H groups in total. The maximum Gasteiger partial charge on any atom is 0.305 e. The summed E-state index contributed by atoms with van der Waals surface area (Å²) in [6, 6.07) is 8.06. The molecule has 0 aliphatic carbocycles. The normalized spacial score (nSPS) is 10.3. The zero-order chi connectivity index (χ0) is 16.9. The average Bonchev–Trinajstić information content (AvgIpc) is 2.54. The Hall–Kier alpha value is -1.84. The van der Waals surface area contributed by atoms with Gasteiger partial charge in [0.05, 0.1) is 6.61 Å². The highest BCUT2D eigenvalue weighted by molar-refractivity contribution is 5.77. The molecule has 0 aliphatic rings. The largest absolute Gasteiger partial charge is 0.466 e. The van der Waals surface area contributed by atoms with E-state index in [4.69, 9.17) is 4.74 Å². The number of amides is 1. The molecule has 0 atom stereocenters. The maximum atomic E-state index is 11.7. The summed E-state index contributed by atoms with van der Waals surface area (Å²) in [7, 11) is 0. The molecule has 0 aliphatic heterocycles. The first-order valence-corrected chi connectivity index (χ1v) is 8.59. The van der Waals surface area contributed by atoms with Gasteiger partial charge in [0.25, 0.3) is 0 Å². The SMILES string of the molecule is CCCCCCOC(=O)CCCC(=O)NCc1ccc(C)cc1. The van der Waals surface area contributed by atoms with E-state index in [9.17, 15) is 9.59 Å². The van der Waals surface area contributed by atoms with Crippen molar-refractivity contribution in [3.63, 3.8) is 0 Å². The molecule has 0 aromatic heterocycles. The molecule has 4 nitrogen and oxygen atoms in total. The number of carbonyl (C=O) groups is 2. The number of aryl methyl sites for hydroxylation is 1. The lowest BCUT2D eigenvalue weighted by atomic mass is 10.1. The van der Waals surface area contributed by atoms with Crippen molar-refractivity contribution < 1.29 is 14.3 Å². The van der Waals surface area contributed by atoms with Crippen LogP contribution in [0.25, 0.3) is 0 Å². The van der Waals surface area contributed by atoms with Crippen molar-refractivity contribution in [2.75, 3.05) is 6.61 Å². The summed E-state index contributed by atoms with van der Waals surface area (Å²) in [6.45, 7) is 5.21. The number of benzene rings is 1. The molecule has 1 amide bonds. The molecular weight excluding hydrogens is 290 g/mol. The molecule has 0 saturated carbocycles. The topological polar surface area (TPSA) is 55.4 Å². The van der Waals surface area contributed by atoms with Crippen molar-refractivity contribution in [2.45, 2.75) is 65.3 Å². The molecule has 1 rings (SSSR count). The van der Waals surface area contributed by atoms with Crippen molar-refractivity contribution in [1.82, 2.24) is 5.32 Å². The van der Waals surface area contributed by atoms with E-state index in [2.05, 4.69) is 12.2 Å². The van der Waals surface area contributed by atoms with Crippen molar-refractivity contribution >= 4 is 11.9 Å². The number of rotatable bonds is 11. The van der Waals surface area contributed by atoms with E-state index in [0.29, 0.717) is 32.4 Å². The fourth-order valence-electron chi connectivity index (χ4n) is 2.18. The molecule has 4 heteroatoms. The average molecular weight is 319 g/mol. The highest BCUT2D eigenvalue weighted by atomic mass is 16.5. The molecule has 0 fully saturated rings. The number of carbonyl (C=O) groups excluding carboxylic acids is 2. The van der Waals surface area contributed by atoms with Crippen LogP contribution in [0.15, 0.2) is 24.3 Å². The Labute approximate surface area is 139 Å². The molecule has 1 aromatic carbocycles. The summed E-state index contributed by atoms with van der Waals surface area (Å²) < 4.78 is 5.14. The Kier molecular flexibility index (Phi) is 9.76. The fourth-order valence-corrected chi connectivity index (χ4v) is 2.18. The number of hydrogen-bond acceptors (Lipinski definition) is 3. The van der Waals surface area contributed by atoms with E-state index in [-0.39, 0.29) is 11.9 Å². The van der Waals surface area contributed by atoms with Crippen molar-refractivity contribution in [1.29, 1.82) is 0 Å². The minimum atomic E-state index is -0.201. The van der Waals surface area contributed by atoms with Crippen LogP contribution in [-0.2, 0) is 20.9 Å². The summed E-state index contributed by atoms with van der Waals surface area (Å²) >= 11 is 0. The van der Waals surface area contributed by atoms with Crippen molar-refractivity contribution in [3.05, 3.63) is 35.4 Å². The van der Waals surface area contributed by atoms with Gasteiger partial charge in [0.15, 0.2) is 0 Å². The standard InChI is InChI=1S/C19H29NO3/c1-3-4-5-6-14-23-19(22)9-7-8-18(21)20-15-17-12-10-16(2)11-13-17/h10-13H,3-9,14-15H2,1-2H3,(H,20,21). The molecule has 0 spiro atoms. The molecule has 128 valence electrons. The van der Waals surface area contributed by atoms with Gasteiger partial charge in [0, 0.05) is 19.4 Å². The van der Waals surface area contributed by atoms with Gasteiger partial charge in [0.1, 0.15) is 0 Å². The number of hydrogen-bond donors (Lipinski definition) is 1. The van der Waals surface area contributed by atoms with Gasteiger partial charge in [-0.3, -0.25) is 9.59 Å². The van der Waals surface area contributed by atoms with Crippen LogP contribution < -0.4 is 5.32 Å². The molecule has 0 unspecified atom stereocenters. The smallest absolute Gasteiger partial charge is 0.305 e. The van der Waals surface area contributed by atoms with Crippen molar-refractivity contribution in [3.8, 4) is 0 Å². The van der Waals surface area contributed by atoms with Gasteiger partial charge < -0.3 is 10.1 Å². The van der Waals surface area contributed by atoms with E-state index in [0.717, 1.165) is 18.4 Å². The van der Waals surface area contributed by atoms with Crippen LogP contribution in [0.4, 0.5) is 0 Å². The Morgan fingerprint density at radius 2 is 1.74 bits per heavy atom. The van der Waals surface area contributed by atoms with Gasteiger partial charge in [-0.05, 0) is 25.3 Å². The number of esters is 1. The first-order valence-electron chi connectivity index (χ1n) is 8.59.